The molecule has 1 N–H and O–H groups in total. The van der Waals surface area contributed by atoms with Gasteiger partial charge in [-0.2, -0.15) is 9.97 Å². The van der Waals surface area contributed by atoms with Crippen LogP contribution in [0.25, 0.3) is 16.8 Å². The normalized spacial score (nSPS) is 17.2. The summed E-state index contributed by atoms with van der Waals surface area (Å²) >= 11 is 0. The molecule has 0 saturated carbocycles. The van der Waals surface area contributed by atoms with Crippen molar-refractivity contribution in [3.8, 4) is 11.8 Å². The number of hydrogen-bond donors (Lipinski definition) is 1. The Balaban J connectivity index is 1.17. The number of ether oxygens (including phenoxy) is 2. The average Bonchev–Trinajstić information content (AvgIpc) is 3.45. The van der Waals surface area contributed by atoms with Gasteiger partial charge in [0.2, 0.25) is 0 Å². The quantitative estimate of drug-likeness (QED) is 0.319. The molecule has 0 bridgehead atoms. The number of phenolic OH excluding ortho intramolecular Hbond substituents is 1. The van der Waals surface area contributed by atoms with Gasteiger partial charge in [0.15, 0.2) is 0 Å². The van der Waals surface area contributed by atoms with Gasteiger partial charge in [0.1, 0.15) is 17.4 Å². The maximum Gasteiger partial charge on any atom is 0.318 e. The van der Waals surface area contributed by atoms with Gasteiger partial charge in [0.25, 0.3) is 0 Å². The van der Waals surface area contributed by atoms with Crippen LogP contribution in [0.1, 0.15) is 29.2 Å². The number of nitrogens with zero attached hydrogens (tertiary/aromatic N) is 7. The molecule has 0 atom stereocenters. The first kappa shape index (κ1) is 26.7. The van der Waals surface area contributed by atoms with Crippen molar-refractivity contribution in [1.29, 1.82) is 0 Å². The maximum absolute atomic E-state index is 10.5. The van der Waals surface area contributed by atoms with Crippen LogP contribution in [0.15, 0.2) is 49.2 Å². The molecule has 0 unspecified atom stereocenters. The fraction of sp³-hybridized carbons (Fsp3) is 0.406. The van der Waals surface area contributed by atoms with E-state index in [1.54, 1.807) is 0 Å². The van der Waals surface area contributed by atoms with Crippen LogP contribution in [0.5, 0.6) is 11.8 Å². The van der Waals surface area contributed by atoms with Gasteiger partial charge in [-0.25, -0.2) is 4.98 Å². The second-order valence-electron chi connectivity index (χ2n) is 11.2. The maximum atomic E-state index is 10.5. The lowest BCUT2D eigenvalue weighted by Crippen LogP contribution is -2.38. The summed E-state index contributed by atoms with van der Waals surface area (Å²) in [7, 11) is 0. The molecule has 3 aliphatic heterocycles. The highest BCUT2D eigenvalue weighted by molar-refractivity contribution is 5.95. The number of rotatable bonds is 8. The minimum Gasteiger partial charge on any atom is -0.508 e. The summed E-state index contributed by atoms with van der Waals surface area (Å²) in [5.74, 6) is 2.13. The van der Waals surface area contributed by atoms with Crippen LogP contribution in [0.3, 0.4) is 0 Å². The summed E-state index contributed by atoms with van der Waals surface area (Å²) in [6.45, 7) is 12.8. The highest BCUT2D eigenvalue weighted by atomic mass is 16.5. The number of morpholine rings is 1. The van der Waals surface area contributed by atoms with Gasteiger partial charge in [0.05, 0.1) is 50.5 Å². The number of benzene rings is 2. The first-order valence-corrected chi connectivity index (χ1v) is 14.9. The van der Waals surface area contributed by atoms with Crippen LogP contribution >= 0.6 is 0 Å². The molecule has 10 heteroatoms. The summed E-state index contributed by atoms with van der Waals surface area (Å²) in [6, 6.07) is 12.3. The lowest BCUT2D eigenvalue weighted by molar-refractivity contribution is 0.0356. The van der Waals surface area contributed by atoms with Crippen molar-refractivity contribution in [2.24, 2.45) is 0 Å². The van der Waals surface area contributed by atoms with Gasteiger partial charge in [-0.15, -0.1) is 0 Å². The molecule has 2 aromatic carbocycles. The second kappa shape index (κ2) is 11.6. The zero-order valence-electron chi connectivity index (χ0n) is 23.9. The lowest BCUT2D eigenvalue weighted by Gasteiger charge is -2.35. The zero-order valence-corrected chi connectivity index (χ0v) is 23.9. The SMILES string of the molecule is C=Cc1ncc2n1CCN(c1nc(OCCCN3CCOCC3)nc3c1CCN(c1cc(O)cc4ccccc14)C3)C2. The van der Waals surface area contributed by atoms with Gasteiger partial charge < -0.3 is 28.9 Å². The molecule has 4 aromatic rings. The van der Waals surface area contributed by atoms with Crippen LogP contribution in [0.4, 0.5) is 11.5 Å². The van der Waals surface area contributed by atoms with Crippen molar-refractivity contribution in [2.75, 3.05) is 62.3 Å². The Labute approximate surface area is 245 Å². The van der Waals surface area contributed by atoms with E-state index in [-0.39, 0.29) is 5.75 Å². The van der Waals surface area contributed by atoms with Gasteiger partial charge >= 0.3 is 6.01 Å². The van der Waals surface area contributed by atoms with E-state index in [9.17, 15) is 5.11 Å². The van der Waals surface area contributed by atoms with Gasteiger partial charge in [-0.3, -0.25) is 4.90 Å². The van der Waals surface area contributed by atoms with Crippen molar-refractivity contribution in [1.82, 2.24) is 24.4 Å². The first-order valence-electron chi connectivity index (χ1n) is 14.9. The first-order chi connectivity index (χ1) is 20.7. The highest BCUT2D eigenvalue weighted by Gasteiger charge is 2.29. The zero-order chi connectivity index (χ0) is 28.5. The molecule has 1 fully saturated rings. The predicted molar refractivity (Wildman–Crippen MR) is 163 cm³/mol. The van der Waals surface area contributed by atoms with E-state index in [0.717, 1.165) is 111 Å². The Morgan fingerprint density at radius 1 is 1.00 bits per heavy atom. The number of aromatic hydroxyl groups is 1. The van der Waals surface area contributed by atoms with E-state index < -0.39 is 0 Å². The number of hydrogen-bond acceptors (Lipinski definition) is 9. The molecule has 7 rings (SSSR count). The summed E-state index contributed by atoms with van der Waals surface area (Å²) < 4.78 is 13.9. The van der Waals surface area contributed by atoms with E-state index in [4.69, 9.17) is 19.4 Å². The van der Waals surface area contributed by atoms with Crippen molar-refractivity contribution in [3.63, 3.8) is 0 Å². The topological polar surface area (TPSA) is 92.0 Å². The minimum absolute atomic E-state index is 0.269. The van der Waals surface area contributed by atoms with Crippen LogP contribution in [0, 0.1) is 0 Å². The standard InChI is InChI=1S/C32H37N7O3/c1-2-30-33-20-24-21-38(11-12-39(24)30)31-27-8-10-37(29-19-25(40)18-23-6-3-4-7-26(23)29)22-28(27)34-32(35-31)42-15-5-9-36-13-16-41-17-14-36/h2-4,6-7,18-20,40H,1,5,8-17,21-22H2. The summed E-state index contributed by atoms with van der Waals surface area (Å²) in [5, 5.41) is 12.7. The molecule has 2 aromatic heterocycles. The average molecular weight is 568 g/mol. The molecule has 1 saturated heterocycles. The van der Waals surface area contributed by atoms with Crippen molar-refractivity contribution in [2.45, 2.75) is 32.5 Å². The largest absolute Gasteiger partial charge is 0.508 e. The fourth-order valence-electron chi connectivity index (χ4n) is 6.38. The molecule has 0 amide bonds. The molecule has 0 spiro atoms. The number of aromatic nitrogens is 4. The van der Waals surface area contributed by atoms with Crippen molar-refractivity contribution < 1.29 is 14.6 Å². The van der Waals surface area contributed by atoms with Crippen LogP contribution in [0.2, 0.25) is 0 Å². The number of phenols is 1. The molecule has 42 heavy (non-hydrogen) atoms. The Morgan fingerprint density at radius 2 is 1.88 bits per heavy atom. The van der Waals surface area contributed by atoms with E-state index in [1.807, 2.05) is 42.6 Å². The van der Waals surface area contributed by atoms with Crippen LogP contribution in [-0.2, 0) is 30.8 Å². The Morgan fingerprint density at radius 3 is 2.76 bits per heavy atom. The smallest absolute Gasteiger partial charge is 0.318 e. The highest BCUT2D eigenvalue weighted by Crippen LogP contribution is 2.37. The van der Waals surface area contributed by atoms with Crippen molar-refractivity contribution in [3.05, 3.63) is 71.9 Å². The van der Waals surface area contributed by atoms with Crippen LogP contribution in [-0.4, -0.2) is 82.1 Å². The minimum atomic E-state index is 0.269. The molecular formula is C32H37N7O3. The molecule has 0 radical (unpaired) electrons. The number of anilines is 2. The summed E-state index contributed by atoms with van der Waals surface area (Å²) in [6.07, 6.45) is 5.47. The van der Waals surface area contributed by atoms with Gasteiger partial charge in [0, 0.05) is 62.0 Å². The summed E-state index contributed by atoms with van der Waals surface area (Å²) in [4.78, 5) is 21.6. The third kappa shape index (κ3) is 5.28. The molecule has 3 aliphatic rings. The molecule has 10 nitrogen and oxygen atoms in total. The third-order valence-electron chi connectivity index (χ3n) is 8.54. The predicted octanol–water partition coefficient (Wildman–Crippen LogP) is 3.86. The number of fused-ring (bicyclic) bond motifs is 3. The van der Waals surface area contributed by atoms with Crippen molar-refractivity contribution >= 4 is 28.4 Å². The van der Waals surface area contributed by atoms with E-state index in [0.29, 0.717) is 19.2 Å². The van der Waals surface area contributed by atoms with Gasteiger partial charge in [-0.05, 0) is 30.4 Å². The number of imidazole rings is 1. The second-order valence-corrected chi connectivity index (χ2v) is 11.2. The Kier molecular flexibility index (Phi) is 7.39. The third-order valence-corrected chi connectivity index (χ3v) is 8.54. The monoisotopic (exact) mass is 567 g/mol. The molecule has 0 aliphatic carbocycles. The van der Waals surface area contributed by atoms with Gasteiger partial charge in [-0.1, -0.05) is 30.8 Å². The Hall–Kier alpha value is -4.15. The van der Waals surface area contributed by atoms with E-state index >= 15 is 0 Å². The fourth-order valence-corrected chi connectivity index (χ4v) is 6.38. The van der Waals surface area contributed by atoms with E-state index in [2.05, 4.69) is 36.9 Å². The lowest BCUT2D eigenvalue weighted by atomic mass is 10.0. The molecule has 5 heterocycles. The van der Waals surface area contributed by atoms with E-state index in [1.165, 1.54) is 5.56 Å². The summed E-state index contributed by atoms with van der Waals surface area (Å²) in [5.41, 5.74) is 4.32. The molecular weight excluding hydrogens is 530 g/mol. The van der Waals surface area contributed by atoms with Crippen LogP contribution < -0.4 is 14.5 Å². The molecule has 218 valence electrons. The Bertz CT molecular complexity index is 1600.